The molecule has 19 heavy (non-hydrogen) atoms. The number of carbonyl (C=O) groups excluding carboxylic acids is 3. The first-order valence-electron chi connectivity index (χ1n) is 5.58. The normalized spacial score (nSPS) is 18.8. The molecule has 1 heterocycles. The highest BCUT2D eigenvalue weighted by atomic mass is 16.4. The molecule has 2 N–H and O–H groups in total. The van der Waals surface area contributed by atoms with Gasteiger partial charge in [0.2, 0.25) is 11.8 Å². The minimum atomic E-state index is -1.18. The molecule has 0 aromatic rings. The van der Waals surface area contributed by atoms with Crippen molar-refractivity contribution >= 4 is 23.8 Å². The molecular weight excluding hydrogens is 254 g/mol. The number of rotatable bonds is 4. The molecule has 0 aliphatic carbocycles. The van der Waals surface area contributed by atoms with E-state index in [0.29, 0.717) is 0 Å². The van der Waals surface area contributed by atoms with Gasteiger partial charge in [0.1, 0.15) is 19.1 Å². The van der Waals surface area contributed by atoms with E-state index >= 15 is 0 Å². The van der Waals surface area contributed by atoms with Gasteiger partial charge in [-0.3, -0.25) is 19.7 Å². The number of piperazine rings is 1. The Balaban J connectivity index is 2.87. The molecule has 1 saturated heterocycles. The second-order valence-electron chi connectivity index (χ2n) is 4.06. The van der Waals surface area contributed by atoms with E-state index in [1.807, 2.05) is 0 Å². The molecule has 1 aliphatic heterocycles. The molecule has 1 rings (SSSR count). The second kappa shape index (κ2) is 5.98. The predicted octanol–water partition coefficient (Wildman–Crippen LogP) is -0.974. The highest BCUT2D eigenvalue weighted by molar-refractivity contribution is 6.04. The van der Waals surface area contributed by atoms with Crippen LogP contribution in [0.2, 0.25) is 0 Å². The second-order valence-corrected chi connectivity index (χ2v) is 4.06. The summed E-state index contributed by atoms with van der Waals surface area (Å²) >= 11 is 0. The average molecular weight is 269 g/mol. The summed E-state index contributed by atoms with van der Waals surface area (Å²) in [5, 5.41) is 10.8. The lowest BCUT2D eigenvalue weighted by atomic mass is 10.2. The van der Waals surface area contributed by atoms with Gasteiger partial charge in [0.05, 0.1) is 0 Å². The summed E-state index contributed by atoms with van der Waals surface area (Å²) in [5.74, 6) is -2.36. The van der Waals surface area contributed by atoms with Gasteiger partial charge in [-0.25, -0.2) is 4.79 Å². The number of carbonyl (C=O) groups is 4. The molecule has 0 saturated carbocycles. The fraction of sp³-hybridized carbons (Fsp3) is 0.455. The Labute approximate surface area is 109 Å². The Morgan fingerprint density at radius 3 is 2.74 bits per heavy atom. The van der Waals surface area contributed by atoms with E-state index in [9.17, 15) is 19.2 Å². The molecule has 104 valence electrons. The Morgan fingerprint density at radius 1 is 1.58 bits per heavy atom. The van der Waals surface area contributed by atoms with Crippen LogP contribution in [0.5, 0.6) is 0 Å². The first kappa shape index (κ1) is 14.7. The largest absolute Gasteiger partial charge is 0.480 e. The Bertz CT molecular complexity index is 434. The van der Waals surface area contributed by atoms with Crippen LogP contribution >= 0.6 is 0 Å². The molecule has 0 radical (unpaired) electrons. The van der Waals surface area contributed by atoms with Crippen molar-refractivity contribution in [3.05, 3.63) is 12.7 Å². The molecule has 0 spiro atoms. The van der Waals surface area contributed by atoms with Crippen LogP contribution in [0, 0.1) is 0 Å². The molecule has 1 aliphatic rings. The number of carboxylic acid groups (broad SMARTS) is 1. The number of nitrogens with zero attached hydrogens (tertiary/aromatic N) is 2. The summed E-state index contributed by atoms with van der Waals surface area (Å²) in [7, 11) is 0. The van der Waals surface area contributed by atoms with Crippen molar-refractivity contribution in [3.63, 3.8) is 0 Å². The van der Waals surface area contributed by atoms with Gasteiger partial charge < -0.3 is 14.9 Å². The summed E-state index contributed by atoms with van der Waals surface area (Å²) in [4.78, 5) is 47.6. The molecule has 1 fully saturated rings. The quantitative estimate of drug-likeness (QED) is 0.504. The van der Waals surface area contributed by atoms with Crippen LogP contribution < -0.4 is 5.32 Å². The standard InChI is InChI=1S/C11H15N3O5/c1-3-4-13(6-9(16)17)11(19)14-5-8(15)12-10(18)7(14)2/h3,7H,1,4-6H2,2H3,(H,16,17)(H,12,15,18). The number of aliphatic carboxylic acids is 1. The van der Waals surface area contributed by atoms with Crippen molar-refractivity contribution in [2.75, 3.05) is 19.6 Å². The number of hydrogen-bond donors (Lipinski definition) is 2. The number of amides is 4. The number of imide groups is 1. The lowest BCUT2D eigenvalue weighted by molar-refractivity contribution is -0.138. The molecule has 0 aromatic heterocycles. The minimum Gasteiger partial charge on any atom is -0.480 e. The van der Waals surface area contributed by atoms with Gasteiger partial charge in [-0.05, 0) is 6.92 Å². The predicted molar refractivity (Wildman–Crippen MR) is 64.1 cm³/mol. The number of urea groups is 1. The van der Waals surface area contributed by atoms with E-state index in [1.54, 1.807) is 0 Å². The third-order valence-corrected chi connectivity index (χ3v) is 2.62. The van der Waals surface area contributed by atoms with Crippen LogP contribution in [0.15, 0.2) is 12.7 Å². The zero-order valence-electron chi connectivity index (χ0n) is 10.5. The molecule has 1 unspecified atom stereocenters. The molecule has 4 amide bonds. The summed E-state index contributed by atoms with van der Waals surface area (Å²) in [5.41, 5.74) is 0. The van der Waals surface area contributed by atoms with E-state index in [2.05, 4.69) is 11.9 Å². The number of nitrogens with one attached hydrogen (secondary N) is 1. The van der Waals surface area contributed by atoms with E-state index in [4.69, 9.17) is 5.11 Å². The zero-order chi connectivity index (χ0) is 14.6. The molecule has 8 heteroatoms. The lowest BCUT2D eigenvalue weighted by Crippen LogP contribution is -2.61. The van der Waals surface area contributed by atoms with Gasteiger partial charge in [0.15, 0.2) is 0 Å². The Morgan fingerprint density at radius 2 is 2.21 bits per heavy atom. The summed E-state index contributed by atoms with van der Waals surface area (Å²) in [6, 6.07) is -1.51. The van der Waals surface area contributed by atoms with Crippen molar-refractivity contribution in [1.29, 1.82) is 0 Å². The van der Waals surface area contributed by atoms with Crippen LogP contribution in [0.1, 0.15) is 6.92 Å². The monoisotopic (exact) mass is 269 g/mol. The minimum absolute atomic E-state index is 0.0180. The molecule has 0 aromatic carbocycles. The maximum absolute atomic E-state index is 12.1. The smallest absolute Gasteiger partial charge is 0.323 e. The highest BCUT2D eigenvalue weighted by Crippen LogP contribution is 2.09. The third-order valence-electron chi connectivity index (χ3n) is 2.62. The van der Waals surface area contributed by atoms with Crippen molar-refractivity contribution < 1.29 is 24.3 Å². The Kier molecular flexibility index (Phi) is 4.62. The molecular formula is C11H15N3O5. The van der Waals surface area contributed by atoms with Gasteiger partial charge in [0.25, 0.3) is 0 Å². The van der Waals surface area contributed by atoms with E-state index < -0.39 is 36.4 Å². The summed E-state index contributed by atoms with van der Waals surface area (Å²) < 4.78 is 0. The first-order valence-corrected chi connectivity index (χ1v) is 5.58. The lowest BCUT2D eigenvalue weighted by Gasteiger charge is -2.35. The fourth-order valence-corrected chi connectivity index (χ4v) is 1.66. The van der Waals surface area contributed by atoms with Crippen molar-refractivity contribution in [2.45, 2.75) is 13.0 Å². The fourth-order valence-electron chi connectivity index (χ4n) is 1.66. The van der Waals surface area contributed by atoms with E-state index in [1.165, 1.54) is 13.0 Å². The van der Waals surface area contributed by atoms with E-state index in [-0.39, 0.29) is 13.1 Å². The zero-order valence-corrected chi connectivity index (χ0v) is 10.5. The maximum Gasteiger partial charge on any atom is 0.323 e. The Hall–Kier alpha value is -2.38. The van der Waals surface area contributed by atoms with Crippen molar-refractivity contribution in [2.24, 2.45) is 0 Å². The topological polar surface area (TPSA) is 107 Å². The van der Waals surface area contributed by atoms with Crippen LogP contribution in [0.3, 0.4) is 0 Å². The summed E-state index contributed by atoms with van der Waals surface area (Å²) in [6.45, 7) is 4.11. The maximum atomic E-state index is 12.1. The van der Waals surface area contributed by atoms with Gasteiger partial charge in [-0.1, -0.05) is 6.08 Å². The van der Waals surface area contributed by atoms with Crippen molar-refractivity contribution in [1.82, 2.24) is 15.1 Å². The van der Waals surface area contributed by atoms with Gasteiger partial charge in [-0.15, -0.1) is 6.58 Å². The SMILES string of the molecule is C=CCN(CC(=O)O)C(=O)N1CC(=O)NC(=O)C1C. The number of hydrogen-bond acceptors (Lipinski definition) is 4. The first-order chi connectivity index (χ1) is 8.86. The van der Waals surface area contributed by atoms with Crippen LogP contribution in [0.4, 0.5) is 4.79 Å². The number of carboxylic acids is 1. The average Bonchev–Trinajstić information content (AvgIpc) is 2.32. The van der Waals surface area contributed by atoms with Crippen LogP contribution in [-0.4, -0.2) is 64.4 Å². The van der Waals surface area contributed by atoms with Gasteiger partial charge in [-0.2, -0.15) is 0 Å². The third kappa shape index (κ3) is 3.54. The van der Waals surface area contributed by atoms with E-state index in [0.717, 1.165) is 9.80 Å². The van der Waals surface area contributed by atoms with Gasteiger partial charge >= 0.3 is 12.0 Å². The molecule has 8 nitrogen and oxygen atoms in total. The molecule has 0 bridgehead atoms. The van der Waals surface area contributed by atoms with Crippen LogP contribution in [-0.2, 0) is 14.4 Å². The highest BCUT2D eigenvalue weighted by Gasteiger charge is 2.35. The summed E-state index contributed by atoms with van der Waals surface area (Å²) in [6.07, 6.45) is 1.37. The van der Waals surface area contributed by atoms with Crippen LogP contribution in [0.25, 0.3) is 0 Å². The van der Waals surface area contributed by atoms with Crippen molar-refractivity contribution in [3.8, 4) is 0 Å². The van der Waals surface area contributed by atoms with Gasteiger partial charge in [0, 0.05) is 6.54 Å². The molecule has 1 atom stereocenters.